The maximum Gasteiger partial charge on any atom is 0.326 e. The van der Waals surface area contributed by atoms with Gasteiger partial charge < -0.3 is 97.9 Å². The Morgan fingerprint density at radius 1 is 0.372 bits per heavy atom. The van der Waals surface area contributed by atoms with E-state index in [1.807, 2.05) is 0 Å². The van der Waals surface area contributed by atoms with E-state index in [1.165, 1.54) is 13.8 Å². The van der Waals surface area contributed by atoms with E-state index in [9.17, 15) is 112 Å². The van der Waals surface area contributed by atoms with E-state index in [4.69, 9.17) is 5.11 Å². The van der Waals surface area contributed by atoms with Crippen molar-refractivity contribution in [2.75, 3.05) is 39.3 Å². The van der Waals surface area contributed by atoms with Crippen molar-refractivity contribution in [2.24, 2.45) is 5.92 Å². The van der Waals surface area contributed by atoms with Crippen LogP contribution in [0.2, 0.25) is 0 Å². The number of hydrogen-bond acceptors (Lipinski definition) is 19. The molecule has 36 nitrogen and oxygen atoms in total. The first-order chi connectivity index (χ1) is 44.4. The molecule has 0 saturated carbocycles. The lowest BCUT2D eigenvalue weighted by atomic mass is 10.0. The maximum absolute atomic E-state index is 14.6. The van der Waals surface area contributed by atoms with Gasteiger partial charge in [-0.05, 0) is 109 Å². The number of carboxylic acid groups (broad SMARTS) is 6. The molecule has 0 bridgehead atoms. The largest absolute Gasteiger partial charge is 0.481 e. The van der Waals surface area contributed by atoms with E-state index >= 15 is 0 Å². The molecule has 0 aromatic heterocycles. The van der Waals surface area contributed by atoms with Crippen LogP contribution >= 0.6 is 0 Å². The van der Waals surface area contributed by atoms with Gasteiger partial charge in [0.2, 0.25) is 65.0 Å². The van der Waals surface area contributed by atoms with Crippen LogP contribution in [0.1, 0.15) is 142 Å². The molecule has 0 radical (unpaired) electrons. The first-order valence-electron chi connectivity index (χ1n) is 31.4. The number of amides is 11. The minimum Gasteiger partial charge on any atom is -0.481 e. The minimum atomic E-state index is -1.77. The van der Waals surface area contributed by atoms with Crippen LogP contribution in [0.15, 0.2) is 0 Å². The van der Waals surface area contributed by atoms with Crippen molar-refractivity contribution < 1.29 is 117 Å². The fourth-order valence-corrected chi connectivity index (χ4v) is 12.1. The first kappa shape index (κ1) is 75.6. The molecule has 0 spiro atoms. The van der Waals surface area contributed by atoms with Gasteiger partial charge >= 0.3 is 35.8 Å². The number of carbonyl (C=O) groups excluding carboxylic acids is 11. The number of aliphatic hydroxyl groups is 1. The third-order valence-electron chi connectivity index (χ3n) is 17.1. The van der Waals surface area contributed by atoms with E-state index in [-0.39, 0.29) is 84.0 Å². The standard InChI is InChI=1S/C58H86N12O24/c1-29(2)46(53(88)65-36(28-71)48(83)64-35(58(93)94)17-22-45(80)81)66-52(87)40-12-7-27-70(40)57(92)34(16-21-44(78)79)63-51(86)39-11-6-26-69(39)56(91)33(15-20-43(76)77)62-50(85)38-10-5-25-68(38)55(90)32(14-19-42(74)75)61-49(84)37-9-4-24-67(37)54(89)31(13-18-41(72)73)60-47(82)30-8-3-23-59-30/h29-40,46,59,71H,3-28H2,1-2H3,(H,60,82)(H,61,84)(H,62,85)(H,63,86)(H,64,83)(H,65,88)(H,66,87)(H,72,73)(H,74,75)(H,76,77)(H,78,79)(H,80,81)(H,93,94)/t30-,31-,32-,33-,34-,35-,36-,37-,38-,39-,40-,46-/m0/s1. The number of carboxylic acids is 6. The summed E-state index contributed by atoms with van der Waals surface area (Å²) in [6.45, 7) is 2.17. The highest BCUT2D eigenvalue weighted by molar-refractivity contribution is 6.00. The smallest absolute Gasteiger partial charge is 0.326 e. The molecule has 5 aliphatic rings. The van der Waals surface area contributed by atoms with Gasteiger partial charge in [0.25, 0.3) is 0 Å². The summed E-state index contributed by atoms with van der Waals surface area (Å²) >= 11 is 0. The second kappa shape index (κ2) is 35.8. The Morgan fingerprint density at radius 2 is 0.670 bits per heavy atom. The second-order valence-corrected chi connectivity index (χ2v) is 24.2. The van der Waals surface area contributed by atoms with Gasteiger partial charge in [-0.1, -0.05) is 13.8 Å². The summed E-state index contributed by atoms with van der Waals surface area (Å²) in [5.41, 5.74) is 0. The molecule has 5 saturated heterocycles. The normalized spacial score (nSPS) is 21.5. The monoisotopic (exact) mass is 1330 g/mol. The lowest BCUT2D eigenvalue weighted by molar-refractivity contribution is -0.146. The van der Waals surface area contributed by atoms with E-state index in [2.05, 4.69) is 42.5 Å². The number of aliphatic carboxylic acids is 6. The van der Waals surface area contributed by atoms with Gasteiger partial charge in [0.1, 0.15) is 66.5 Å². The van der Waals surface area contributed by atoms with Crippen molar-refractivity contribution in [1.82, 2.24) is 62.1 Å². The van der Waals surface area contributed by atoms with Crippen LogP contribution in [0.5, 0.6) is 0 Å². The van der Waals surface area contributed by atoms with Crippen LogP contribution in [0.25, 0.3) is 0 Å². The Labute approximate surface area is 538 Å². The molecular weight excluding hydrogens is 1250 g/mol. The molecule has 5 aliphatic heterocycles. The quantitative estimate of drug-likeness (QED) is 0.0280. The fraction of sp³-hybridized carbons (Fsp3) is 0.707. The highest BCUT2D eigenvalue weighted by Crippen LogP contribution is 2.27. The number of aliphatic hydroxyl groups excluding tert-OH is 1. The van der Waals surface area contributed by atoms with Crippen molar-refractivity contribution in [3.8, 4) is 0 Å². The van der Waals surface area contributed by atoms with Gasteiger partial charge in [-0.15, -0.1) is 0 Å². The number of carbonyl (C=O) groups is 17. The summed E-state index contributed by atoms with van der Waals surface area (Å²) in [5.74, 6) is -19.1. The lowest BCUT2D eigenvalue weighted by Gasteiger charge is -2.33. The number of likely N-dealkylation sites (tertiary alicyclic amines) is 4. The molecule has 12 atom stereocenters. The molecular formula is C58H86N12O24. The Bertz CT molecular complexity index is 2870. The predicted molar refractivity (Wildman–Crippen MR) is 317 cm³/mol. The van der Waals surface area contributed by atoms with E-state index in [0.29, 0.717) is 19.4 Å². The van der Waals surface area contributed by atoms with Crippen molar-refractivity contribution in [3.63, 3.8) is 0 Å². The van der Waals surface area contributed by atoms with Crippen LogP contribution in [0, 0.1) is 5.92 Å². The summed E-state index contributed by atoms with van der Waals surface area (Å²) < 4.78 is 0. The molecule has 11 amide bonds. The molecule has 0 aromatic rings. The molecule has 0 unspecified atom stereocenters. The van der Waals surface area contributed by atoms with Crippen molar-refractivity contribution in [2.45, 2.75) is 215 Å². The van der Waals surface area contributed by atoms with Gasteiger partial charge in [-0.25, -0.2) is 4.79 Å². The van der Waals surface area contributed by atoms with Crippen LogP contribution in [0.3, 0.4) is 0 Å². The topological polar surface area (TPSA) is 541 Å². The highest BCUT2D eigenvalue weighted by Gasteiger charge is 2.46. The summed E-state index contributed by atoms with van der Waals surface area (Å²) in [4.78, 5) is 228. The number of nitrogens with zero attached hydrogens (tertiary/aromatic N) is 4. The number of hydrogen-bond donors (Lipinski definition) is 15. The average Bonchev–Trinajstić information content (AvgIpc) is 1.60. The predicted octanol–water partition coefficient (Wildman–Crippen LogP) is -4.85. The SMILES string of the molecule is CC(C)[C@H](NC(=O)[C@@H]1CCCN1C(=O)[C@H](CCC(=O)O)NC(=O)[C@@H]1CCCN1C(=O)[C@H](CCC(=O)O)NC(=O)[C@@H]1CCCN1C(=O)[C@H](CCC(=O)O)NC(=O)[C@@H]1CCCN1C(=O)[C@H](CCC(=O)O)NC(=O)[C@@H]1CCCN1)C(=O)N[C@@H](CO)C(=O)N[C@@H](CCC(=O)O)C(=O)O. The Hall–Kier alpha value is -9.09. The van der Waals surface area contributed by atoms with Crippen LogP contribution in [-0.2, 0) is 81.5 Å². The molecule has 5 rings (SSSR count). The van der Waals surface area contributed by atoms with Gasteiger partial charge in [0.15, 0.2) is 0 Å². The first-order valence-corrected chi connectivity index (χ1v) is 31.4. The zero-order chi connectivity index (χ0) is 69.7. The van der Waals surface area contributed by atoms with Crippen molar-refractivity contribution >= 4 is 101 Å². The number of nitrogens with one attached hydrogen (secondary N) is 8. The number of rotatable bonds is 36. The summed E-state index contributed by atoms with van der Waals surface area (Å²) in [6, 6.07) is -17.2. The zero-order valence-electron chi connectivity index (χ0n) is 52.2. The van der Waals surface area contributed by atoms with E-state index in [0.717, 1.165) is 19.6 Å². The minimum absolute atomic E-state index is 0.00648. The Kier molecular flexibility index (Phi) is 28.8. The van der Waals surface area contributed by atoms with Crippen LogP contribution < -0.4 is 42.5 Å². The third kappa shape index (κ3) is 21.5. The molecule has 5 fully saturated rings. The summed E-state index contributed by atoms with van der Waals surface area (Å²) in [7, 11) is 0. The third-order valence-corrected chi connectivity index (χ3v) is 17.1. The zero-order valence-corrected chi connectivity index (χ0v) is 52.2. The summed E-state index contributed by atoms with van der Waals surface area (Å²) in [6.07, 6.45) is -3.60. The molecule has 36 heteroatoms. The van der Waals surface area contributed by atoms with Gasteiger partial charge in [-0.3, -0.25) is 76.7 Å². The molecule has 522 valence electrons. The molecule has 0 aliphatic carbocycles. The fourth-order valence-electron chi connectivity index (χ4n) is 12.1. The maximum atomic E-state index is 14.6. The molecule has 0 aromatic carbocycles. The van der Waals surface area contributed by atoms with E-state index < -0.39 is 244 Å². The highest BCUT2D eigenvalue weighted by atomic mass is 16.4. The molecule has 5 heterocycles. The van der Waals surface area contributed by atoms with Crippen LogP contribution in [-0.4, -0.2) is 268 Å². The second-order valence-electron chi connectivity index (χ2n) is 24.2. The van der Waals surface area contributed by atoms with E-state index in [1.54, 1.807) is 0 Å². The molecule has 94 heavy (non-hydrogen) atoms. The van der Waals surface area contributed by atoms with Crippen molar-refractivity contribution in [3.05, 3.63) is 0 Å². The Balaban J connectivity index is 1.28. The molecule has 15 N–H and O–H groups in total. The summed E-state index contributed by atoms with van der Waals surface area (Å²) in [5, 5.41) is 87.0. The van der Waals surface area contributed by atoms with Crippen molar-refractivity contribution in [1.29, 1.82) is 0 Å². The lowest BCUT2D eigenvalue weighted by Crippen LogP contribution is -2.61. The van der Waals surface area contributed by atoms with Gasteiger partial charge in [0.05, 0.1) is 12.6 Å². The van der Waals surface area contributed by atoms with Crippen LogP contribution in [0.4, 0.5) is 0 Å². The van der Waals surface area contributed by atoms with Gasteiger partial charge in [0, 0.05) is 58.3 Å². The van der Waals surface area contributed by atoms with Gasteiger partial charge in [-0.2, -0.15) is 0 Å². The Morgan fingerprint density at radius 3 is 0.947 bits per heavy atom. The average molecular weight is 1340 g/mol.